The Morgan fingerprint density at radius 3 is 2.75 bits per heavy atom. The molecular formula is C5H7IO2. The Morgan fingerprint density at radius 2 is 2.38 bits per heavy atom. The molecule has 0 saturated carbocycles. The van der Waals surface area contributed by atoms with Gasteiger partial charge < -0.3 is 5.11 Å². The number of rotatable bonds is 3. The zero-order chi connectivity index (χ0) is 6.41. The van der Waals surface area contributed by atoms with Gasteiger partial charge in [0.05, 0.1) is 0 Å². The molecule has 0 atom stereocenters. The molecule has 0 unspecified atom stereocenters. The van der Waals surface area contributed by atoms with Crippen molar-refractivity contribution in [2.75, 3.05) is 0 Å². The number of carboxylic acids is 1. The summed E-state index contributed by atoms with van der Waals surface area (Å²) in [6.45, 7) is 0. The van der Waals surface area contributed by atoms with Gasteiger partial charge in [0, 0.05) is 6.42 Å². The van der Waals surface area contributed by atoms with E-state index in [1.54, 1.807) is 0 Å². The standard InChI is InChI=1S/C5H7IO2/c6-4-2-1-3-5(7)8/h2,4H,1,3H2,(H,7,8). The Kier molecular flexibility index (Phi) is 5.05. The topological polar surface area (TPSA) is 37.3 Å². The number of hydrogen-bond acceptors (Lipinski definition) is 1. The van der Waals surface area contributed by atoms with Gasteiger partial charge in [0.1, 0.15) is 0 Å². The van der Waals surface area contributed by atoms with Crippen molar-refractivity contribution in [3.63, 3.8) is 0 Å². The fraction of sp³-hybridized carbons (Fsp3) is 0.400. The Morgan fingerprint density at radius 1 is 1.75 bits per heavy atom. The van der Waals surface area contributed by atoms with Crippen molar-refractivity contribution >= 4 is 28.6 Å². The summed E-state index contributed by atoms with van der Waals surface area (Å²) in [5, 5.41) is 8.10. The van der Waals surface area contributed by atoms with Crippen molar-refractivity contribution < 1.29 is 9.90 Å². The first-order valence-electron chi connectivity index (χ1n) is 2.24. The fourth-order valence-corrected chi connectivity index (χ4v) is 0.629. The zero-order valence-corrected chi connectivity index (χ0v) is 6.46. The van der Waals surface area contributed by atoms with Crippen LogP contribution in [0.3, 0.4) is 0 Å². The molecule has 0 saturated heterocycles. The summed E-state index contributed by atoms with van der Waals surface area (Å²) in [7, 11) is 0. The third kappa shape index (κ3) is 5.94. The largest absolute Gasteiger partial charge is 0.481 e. The first-order valence-corrected chi connectivity index (χ1v) is 3.49. The molecule has 0 aliphatic rings. The van der Waals surface area contributed by atoms with Crippen LogP contribution in [-0.2, 0) is 4.79 Å². The van der Waals surface area contributed by atoms with Gasteiger partial charge >= 0.3 is 5.97 Å². The van der Waals surface area contributed by atoms with Crippen molar-refractivity contribution in [3.05, 3.63) is 10.2 Å². The maximum absolute atomic E-state index is 9.84. The van der Waals surface area contributed by atoms with Gasteiger partial charge in [-0.3, -0.25) is 4.79 Å². The zero-order valence-electron chi connectivity index (χ0n) is 4.30. The molecule has 3 heteroatoms. The van der Waals surface area contributed by atoms with Crippen LogP contribution in [0, 0.1) is 0 Å². The monoisotopic (exact) mass is 226 g/mol. The van der Waals surface area contributed by atoms with Crippen molar-refractivity contribution in [3.8, 4) is 0 Å². The highest BCUT2D eigenvalue weighted by Crippen LogP contribution is 1.92. The van der Waals surface area contributed by atoms with Crippen LogP contribution < -0.4 is 0 Å². The molecule has 0 spiro atoms. The van der Waals surface area contributed by atoms with E-state index in [0.717, 1.165) is 0 Å². The van der Waals surface area contributed by atoms with Crippen molar-refractivity contribution in [2.24, 2.45) is 0 Å². The molecule has 1 N–H and O–H groups in total. The second-order valence-corrected chi connectivity index (χ2v) is 2.01. The molecule has 0 rings (SSSR count). The third-order valence-corrected chi connectivity index (χ3v) is 1.12. The molecule has 0 bridgehead atoms. The van der Waals surface area contributed by atoms with Crippen LogP contribution in [-0.4, -0.2) is 11.1 Å². The minimum Gasteiger partial charge on any atom is -0.481 e. The molecule has 0 aliphatic heterocycles. The van der Waals surface area contributed by atoms with Crippen LogP contribution in [0.25, 0.3) is 0 Å². The normalized spacial score (nSPS) is 10.1. The first kappa shape index (κ1) is 7.94. The molecule has 8 heavy (non-hydrogen) atoms. The molecule has 0 aromatic rings. The van der Waals surface area contributed by atoms with E-state index in [1.807, 2.05) is 10.2 Å². The number of hydrogen-bond donors (Lipinski definition) is 1. The van der Waals surface area contributed by atoms with E-state index < -0.39 is 5.97 Å². The van der Waals surface area contributed by atoms with Crippen LogP contribution >= 0.6 is 22.6 Å². The average molecular weight is 226 g/mol. The van der Waals surface area contributed by atoms with E-state index in [1.165, 1.54) is 0 Å². The van der Waals surface area contributed by atoms with E-state index in [2.05, 4.69) is 22.6 Å². The SMILES string of the molecule is O=C(O)CCC=CI. The quantitative estimate of drug-likeness (QED) is 0.745. The molecule has 0 aromatic heterocycles. The summed E-state index contributed by atoms with van der Waals surface area (Å²) in [6, 6.07) is 0. The van der Waals surface area contributed by atoms with Gasteiger partial charge in [0.2, 0.25) is 0 Å². The molecule has 0 aliphatic carbocycles. The maximum Gasteiger partial charge on any atom is 0.303 e. The number of halogens is 1. The second kappa shape index (κ2) is 5.08. The lowest BCUT2D eigenvalue weighted by atomic mass is 10.3. The summed E-state index contributed by atoms with van der Waals surface area (Å²) in [6.07, 6.45) is 2.70. The second-order valence-electron chi connectivity index (χ2n) is 1.29. The minimum absolute atomic E-state index is 0.236. The molecule has 0 aromatic carbocycles. The van der Waals surface area contributed by atoms with Crippen molar-refractivity contribution in [1.82, 2.24) is 0 Å². The van der Waals surface area contributed by atoms with Crippen molar-refractivity contribution in [2.45, 2.75) is 12.8 Å². The first-order chi connectivity index (χ1) is 3.77. The van der Waals surface area contributed by atoms with Crippen LogP contribution in [0.1, 0.15) is 12.8 Å². The maximum atomic E-state index is 9.84. The van der Waals surface area contributed by atoms with Gasteiger partial charge in [-0.2, -0.15) is 0 Å². The Balaban J connectivity index is 3.05. The van der Waals surface area contributed by atoms with Crippen LogP contribution in [0.5, 0.6) is 0 Å². The van der Waals surface area contributed by atoms with E-state index in [0.29, 0.717) is 6.42 Å². The van der Waals surface area contributed by atoms with Crippen LogP contribution in [0.4, 0.5) is 0 Å². The molecule has 2 nitrogen and oxygen atoms in total. The van der Waals surface area contributed by atoms with E-state index in [9.17, 15) is 4.79 Å². The van der Waals surface area contributed by atoms with E-state index in [-0.39, 0.29) is 6.42 Å². The van der Waals surface area contributed by atoms with E-state index >= 15 is 0 Å². The Labute approximate surface area is 61.7 Å². The fourth-order valence-electron chi connectivity index (χ4n) is 0.270. The average Bonchev–Trinajstić information content (AvgIpc) is 1.66. The molecular weight excluding hydrogens is 219 g/mol. The van der Waals surface area contributed by atoms with Gasteiger partial charge in [-0.1, -0.05) is 28.7 Å². The minimum atomic E-state index is -0.737. The molecule has 0 heterocycles. The van der Waals surface area contributed by atoms with Gasteiger partial charge in [0.15, 0.2) is 0 Å². The smallest absolute Gasteiger partial charge is 0.303 e. The summed E-state index contributed by atoms with van der Waals surface area (Å²) >= 11 is 2.06. The van der Waals surface area contributed by atoms with Gasteiger partial charge in [-0.15, -0.1) is 0 Å². The number of aliphatic carboxylic acids is 1. The third-order valence-electron chi connectivity index (χ3n) is 0.614. The number of carboxylic acid groups (broad SMARTS) is 1. The van der Waals surface area contributed by atoms with Crippen LogP contribution in [0.15, 0.2) is 10.2 Å². The lowest BCUT2D eigenvalue weighted by Crippen LogP contribution is -1.91. The molecule has 0 radical (unpaired) electrons. The summed E-state index contributed by atoms with van der Waals surface area (Å²) < 4.78 is 1.82. The summed E-state index contributed by atoms with van der Waals surface area (Å²) in [4.78, 5) is 9.84. The lowest BCUT2D eigenvalue weighted by Gasteiger charge is -1.83. The lowest BCUT2D eigenvalue weighted by molar-refractivity contribution is -0.136. The summed E-state index contributed by atoms with van der Waals surface area (Å²) in [5.41, 5.74) is 0. The highest BCUT2D eigenvalue weighted by Gasteiger charge is 1.89. The highest BCUT2D eigenvalue weighted by atomic mass is 127. The predicted molar refractivity (Wildman–Crippen MR) is 40.0 cm³/mol. The number of carbonyl (C=O) groups is 1. The van der Waals surface area contributed by atoms with Crippen LogP contribution in [0.2, 0.25) is 0 Å². The van der Waals surface area contributed by atoms with Gasteiger partial charge in [-0.05, 0) is 10.5 Å². The van der Waals surface area contributed by atoms with Crippen molar-refractivity contribution in [1.29, 1.82) is 0 Å². The highest BCUT2D eigenvalue weighted by molar-refractivity contribution is 14.1. The van der Waals surface area contributed by atoms with Gasteiger partial charge in [0.25, 0.3) is 0 Å². The van der Waals surface area contributed by atoms with Gasteiger partial charge in [-0.25, -0.2) is 0 Å². The Hall–Kier alpha value is -0.0600. The Bertz CT molecular complexity index is 98.6. The number of allylic oxidation sites excluding steroid dienone is 1. The predicted octanol–water partition coefficient (Wildman–Crippen LogP) is 1.80. The molecule has 46 valence electrons. The molecule has 0 fully saturated rings. The molecule has 0 amide bonds. The van der Waals surface area contributed by atoms with E-state index in [4.69, 9.17) is 5.11 Å². The summed E-state index contributed by atoms with van der Waals surface area (Å²) in [5.74, 6) is -0.737.